The van der Waals surface area contributed by atoms with E-state index in [1.807, 2.05) is 24.3 Å². The third-order valence-corrected chi connectivity index (χ3v) is 4.98. The summed E-state index contributed by atoms with van der Waals surface area (Å²) in [5.41, 5.74) is 1.70. The van der Waals surface area contributed by atoms with Crippen LogP contribution in [-0.4, -0.2) is 45.1 Å². The fourth-order valence-electron chi connectivity index (χ4n) is 3.53. The molecule has 1 aromatic heterocycles. The number of hydrogen-bond donors (Lipinski definition) is 2. The first kappa shape index (κ1) is 19.3. The Labute approximate surface area is 167 Å². The molecular formula is C20H21N4O5-. The highest BCUT2D eigenvalue weighted by Crippen LogP contribution is 2.34. The van der Waals surface area contributed by atoms with Crippen molar-refractivity contribution in [3.05, 3.63) is 65.2 Å². The van der Waals surface area contributed by atoms with Crippen LogP contribution in [0.15, 0.2) is 53.1 Å². The van der Waals surface area contributed by atoms with Gasteiger partial charge in [-0.1, -0.05) is 29.4 Å². The van der Waals surface area contributed by atoms with Crippen LogP contribution in [0.3, 0.4) is 0 Å². The minimum Gasteiger partial charge on any atom is -0.733 e. The number of benzene rings is 2. The van der Waals surface area contributed by atoms with E-state index >= 15 is 0 Å². The van der Waals surface area contributed by atoms with Crippen LogP contribution in [0.25, 0.3) is 11.4 Å². The lowest BCUT2D eigenvalue weighted by atomic mass is 10.1. The number of ether oxygens (including phenoxy) is 1. The second-order valence-electron chi connectivity index (χ2n) is 6.96. The number of rotatable bonds is 6. The van der Waals surface area contributed by atoms with E-state index in [2.05, 4.69) is 15.0 Å². The van der Waals surface area contributed by atoms with E-state index in [9.17, 15) is 10.3 Å². The van der Waals surface area contributed by atoms with Crippen LogP contribution in [-0.2, 0) is 6.54 Å². The summed E-state index contributed by atoms with van der Waals surface area (Å²) in [6.45, 7) is 1.12. The molecule has 1 aliphatic heterocycles. The van der Waals surface area contributed by atoms with Gasteiger partial charge in [0.15, 0.2) is 0 Å². The molecule has 1 fully saturated rings. The standard InChI is InChI=1S/C20H21N4O5/c1-28-17-7-5-13(6-8-17)11-23-12-16(25)10-18(23)20-21-19(22-29-20)14-3-2-4-15(9-14)24(26)27/h2-9,16,18,25-26H,10-12H2,1H3/q-1/t16-,18+/m1/s1. The van der Waals surface area contributed by atoms with Gasteiger partial charge < -0.3 is 24.8 Å². The summed E-state index contributed by atoms with van der Waals surface area (Å²) >= 11 is 0. The molecule has 0 radical (unpaired) electrons. The topological polar surface area (TPSA) is 118 Å². The Kier molecular flexibility index (Phi) is 5.45. The van der Waals surface area contributed by atoms with Crippen LogP contribution in [0.4, 0.5) is 5.69 Å². The fraction of sp³-hybridized carbons (Fsp3) is 0.300. The molecule has 2 aromatic carbocycles. The van der Waals surface area contributed by atoms with Gasteiger partial charge in [-0.05, 0) is 36.2 Å². The molecule has 29 heavy (non-hydrogen) atoms. The van der Waals surface area contributed by atoms with Gasteiger partial charge in [-0.25, -0.2) is 0 Å². The summed E-state index contributed by atoms with van der Waals surface area (Å²) < 4.78 is 10.7. The van der Waals surface area contributed by atoms with Gasteiger partial charge in [0.25, 0.3) is 0 Å². The van der Waals surface area contributed by atoms with E-state index in [0.29, 0.717) is 36.8 Å². The maximum atomic E-state index is 11.1. The largest absolute Gasteiger partial charge is 0.733 e. The monoisotopic (exact) mass is 397 g/mol. The molecule has 4 rings (SSSR count). The summed E-state index contributed by atoms with van der Waals surface area (Å²) in [5, 5.41) is 34.2. The van der Waals surface area contributed by atoms with Crippen molar-refractivity contribution in [3.63, 3.8) is 0 Å². The summed E-state index contributed by atoms with van der Waals surface area (Å²) in [7, 11) is 1.62. The smallest absolute Gasteiger partial charge is 0.244 e. The van der Waals surface area contributed by atoms with Crippen LogP contribution >= 0.6 is 0 Å². The summed E-state index contributed by atoms with van der Waals surface area (Å²) in [5.74, 6) is 1.50. The lowest BCUT2D eigenvalue weighted by Crippen LogP contribution is -2.24. The molecule has 1 saturated heterocycles. The maximum Gasteiger partial charge on any atom is 0.244 e. The minimum absolute atomic E-state index is 0.0753. The van der Waals surface area contributed by atoms with Gasteiger partial charge in [-0.2, -0.15) is 4.98 Å². The van der Waals surface area contributed by atoms with Crippen LogP contribution in [0.2, 0.25) is 0 Å². The first-order chi connectivity index (χ1) is 14.0. The van der Waals surface area contributed by atoms with Crippen LogP contribution in [0.5, 0.6) is 5.75 Å². The predicted octanol–water partition coefficient (Wildman–Crippen LogP) is 2.75. The Bertz CT molecular complexity index is 960. The third kappa shape index (κ3) is 4.22. The van der Waals surface area contributed by atoms with Gasteiger partial charge in [-0.15, -0.1) is 0 Å². The summed E-state index contributed by atoms with van der Waals surface area (Å²) in [6.07, 6.45) is 0.00309. The van der Waals surface area contributed by atoms with E-state index in [4.69, 9.17) is 14.5 Å². The lowest BCUT2D eigenvalue weighted by Gasteiger charge is -2.21. The van der Waals surface area contributed by atoms with Gasteiger partial charge in [0, 0.05) is 18.7 Å². The SMILES string of the molecule is COc1ccc(CN2C[C@H](O)C[C@H]2c2nc(-c3cccc(N([O-])O)c3)no2)cc1. The molecule has 3 aromatic rings. The molecular weight excluding hydrogens is 376 g/mol. The van der Waals surface area contributed by atoms with Crippen LogP contribution < -0.4 is 9.96 Å². The molecule has 2 N–H and O–H groups in total. The van der Waals surface area contributed by atoms with Crippen molar-refractivity contribution in [1.29, 1.82) is 0 Å². The molecule has 9 nitrogen and oxygen atoms in total. The molecule has 2 heterocycles. The number of nitrogens with zero attached hydrogens (tertiary/aromatic N) is 4. The van der Waals surface area contributed by atoms with E-state index in [0.717, 1.165) is 11.3 Å². The Balaban J connectivity index is 1.54. The zero-order valence-corrected chi connectivity index (χ0v) is 15.8. The molecule has 2 atom stereocenters. The highest BCUT2D eigenvalue weighted by molar-refractivity contribution is 5.62. The molecule has 1 aliphatic rings. The number of anilines is 1. The van der Waals surface area contributed by atoms with E-state index in [-0.39, 0.29) is 17.0 Å². The second-order valence-corrected chi connectivity index (χ2v) is 6.96. The van der Waals surface area contributed by atoms with Crippen molar-refractivity contribution in [2.45, 2.75) is 25.1 Å². The highest BCUT2D eigenvalue weighted by Gasteiger charge is 2.36. The number of aliphatic hydroxyl groups excluding tert-OH is 1. The number of aliphatic hydroxyl groups is 1. The van der Waals surface area contributed by atoms with Crippen molar-refractivity contribution in [2.24, 2.45) is 0 Å². The Morgan fingerprint density at radius 2 is 2.07 bits per heavy atom. The van der Waals surface area contributed by atoms with Gasteiger partial charge >= 0.3 is 0 Å². The van der Waals surface area contributed by atoms with Gasteiger partial charge in [0.1, 0.15) is 5.75 Å². The van der Waals surface area contributed by atoms with Crippen molar-refractivity contribution in [1.82, 2.24) is 15.0 Å². The van der Waals surface area contributed by atoms with E-state index in [1.54, 1.807) is 19.2 Å². The zero-order chi connectivity index (χ0) is 20.4. The normalized spacial score (nSPS) is 19.4. The fourth-order valence-corrected chi connectivity index (χ4v) is 3.53. The maximum absolute atomic E-state index is 11.1. The number of hydrogen-bond acceptors (Lipinski definition) is 9. The summed E-state index contributed by atoms with van der Waals surface area (Å²) in [6, 6.07) is 13.8. The lowest BCUT2D eigenvalue weighted by molar-refractivity contribution is 0.169. The van der Waals surface area contributed by atoms with Crippen molar-refractivity contribution >= 4 is 5.69 Å². The molecule has 0 unspecified atom stereocenters. The average Bonchev–Trinajstić information content (AvgIpc) is 3.35. The van der Waals surface area contributed by atoms with Gasteiger partial charge in [0.2, 0.25) is 11.7 Å². The Morgan fingerprint density at radius 3 is 2.79 bits per heavy atom. The molecule has 0 amide bonds. The number of β-amino-alcohol motifs (C(OH)–C–C–N with tert-alkyl or cyclic N) is 1. The molecule has 0 spiro atoms. The van der Waals surface area contributed by atoms with Crippen molar-refractivity contribution in [3.8, 4) is 17.1 Å². The predicted molar refractivity (Wildman–Crippen MR) is 104 cm³/mol. The highest BCUT2D eigenvalue weighted by atomic mass is 16.8. The third-order valence-electron chi connectivity index (χ3n) is 4.98. The minimum atomic E-state index is -0.486. The number of methoxy groups -OCH3 is 1. The Morgan fingerprint density at radius 1 is 1.28 bits per heavy atom. The van der Waals surface area contributed by atoms with Crippen molar-refractivity contribution < 1.29 is 19.6 Å². The first-order valence-electron chi connectivity index (χ1n) is 9.18. The van der Waals surface area contributed by atoms with Crippen molar-refractivity contribution in [2.75, 3.05) is 18.9 Å². The van der Waals surface area contributed by atoms with Gasteiger partial charge in [-0.3, -0.25) is 10.1 Å². The number of aromatic nitrogens is 2. The van der Waals surface area contributed by atoms with E-state index in [1.165, 1.54) is 12.1 Å². The van der Waals surface area contributed by atoms with Crippen LogP contribution in [0, 0.1) is 5.21 Å². The molecule has 9 heteroatoms. The molecule has 0 bridgehead atoms. The van der Waals surface area contributed by atoms with Gasteiger partial charge in [0.05, 0.1) is 24.9 Å². The second kappa shape index (κ2) is 8.18. The molecule has 152 valence electrons. The average molecular weight is 397 g/mol. The number of likely N-dealkylation sites (tertiary alicyclic amines) is 1. The summed E-state index contributed by atoms with van der Waals surface area (Å²) in [4.78, 5) is 6.55. The quantitative estimate of drug-likeness (QED) is 0.605. The Hall–Kier alpha value is -2.98. The van der Waals surface area contributed by atoms with Crippen LogP contribution in [0.1, 0.15) is 23.9 Å². The first-order valence-corrected chi connectivity index (χ1v) is 9.18. The molecule has 0 aliphatic carbocycles. The zero-order valence-electron chi connectivity index (χ0n) is 15.8. The van der Waals surface area contributed by atoms with E-state index < -0.39 is 6.10 Å². The molecule has 0 saturated carbocycles.